The number of nitro groups is 1. The molecule has 10 heteroatoms. The summed E-state index contributed by atoms with van der Waals surface area (Å²) in [5, 5.41) is 22.2. The molecule has 37 heavy (non-hydrogen) atoms. The van der Waals surface area contributed by atoms with Crippen LogP contribution in [0.15, 0.2) is 78.6 Å². The highest BCUT2D eigenvalue weighted by Crippen LogP contribution is 2.42. The third-order valence-electron chi connectivity index (χ3n) is 6.79. The van der Waals surface area contributed by atoms with Crippen molar-refractivity contribution in [2.45, 2.75) is 6.04 Å². The van der Waals surface area contributed by atoms with Crippen molar-refractivity contribution in [3.05, 3.63) is 99.9 Å². The summed E-state index contributed by atoms with van der Waals surface area (Å²) in [6.07, 6.45) is 3.13. The molecule has 0 radical (unpaired) electrons. The Morgan fingerprint density at radius 3 is 2.22 bits per heavy atom. The minimum atomic E-state index is -0.918. The number of hydrogen-bond donors (Lipinski definition) is 1. The van der Waals surface area contributed by atoms with Gasteiger partial charge in [0, 0.05) is 67.6 Å². The van der Waals surface area contributed by atoms with E-state index in [9.17, 15) is 24.8 Å². The number of rotatable bonds is 5. The zero-order chi connectivity index (χ0) is 26.1. The number of piperazine rings is 1. The van der Waals surface area contributed by atoms with Gasteiger partial charge >= 0.3 is 0 Å². The number of likely N-dealkylation sites (N-methyl/N-ethyl adjacent to an activating group) is 1. The third kappa shape index (κ3) is 4.54. The summed E-state index contributed by atoms with van der Waals surface area (Å²) in [5.41, 5.74) is 2.03. The normalized spacial score (nSPS) is 19.9. The summed E-state index contributed by atoms with van der Waals surface area (Å²) in [6, 6.07) is 15.1. The molecule has 3 heterocycles. The number of aliphatic hydroxyl groups is 1. The molecular formula is C27H25N5O5. The van der Waals surface area contributed by atoms with E-state index in [-0.39, 0.29) is 16.8 Å². The summed E-state index contributed by atoms with van der Waals surface area (Å²) < 4.78 is 0. The molecule has 1 unspecified atom stereocenters. The molecule has 2 fully saturated rings. The van der Waals surface area contributed by atoms with Crippen LogP contribution in [0.2, 0.25) is 0 Å². The maximum Gasteiger partial charge on any atom is 0.300 e. The van der Waals surface area contributed by atoms with Gasteiger partial charge in [-0.2, -0.15) is 0 Å². The molecule has 1 amide bonds. The van der Waals surface area contributed by atoms with E-state index >= 15 is 0 Å². The van der Waals surface area contributed by atoms with Crippen molar-refractivity contribution in [1.29, 1.82) is 0 Å². The van der Waals surface area contributed by atoms with E-state index in [4.69, 9.17) is 0 Å². The third-order valence-corrected chi connectivity index (χ3v) is 6.79. The van der Waals surface area contributed by atoms with Gasteiger partial charge in [0.1, 0.15) is 5.76 Å². The van der Waals surface area contributed by atoms with Crippen LogP contribution < -0.4 is 9.80 Å². The van der Waals surface area contributed by atoms with E-state index in [1.807, 2.05) is 12.1 Å². The average molecular weight is 500 g/mol. The standard InChI is InChI=1S/C27H25N5O5/c1-29-13-15-30(16-14-29)20-8-10-21(11-9-20)31-24(19-3-2-12-28-17-19)23(26(34)27(31)35)25(33)18-4-6-22(7-5-18)32(36)37/h2-12,17,24,33H,13-16H2,1H3/b25-23-. The molecule has 3 aromatic rings. The highest BCUT2D eigenvalue weighted by Gasteiger charge is 2.47. The fourth-order valence-electron chi connectivity index (χ4n) is 4.74. The van der Waals surface area contributed by atoms with Crippen LogP contribution in [0.25, 0.3) is 5.76 Å². The molecule has 0 aliphatic carbocycles. The van der Waals surface area contributed by atoms with Crippen molar-refractivity contribution in [2.24, 2.45) is 0 Å². The van der Waals surface area contributed by atoms with Gasteiger partial charge in [-0.05, 0) is 55.1 Å². The van der Waals surface area contributed by atoms with E-state index in [2.05, 4.69) is 21.8 Å². The number of ketones is 1. The van der Waals surface area contributed by atoms with Crippen LogP contribution in [0.1, 0.15) is 17.2 Å². The number of carbonyl (C=O) groups excluding carboxylic acids is 2. The van der Waals surface area contributed by atoms with E-state index in [0.29, 0.717) is 11.3 Å². The molecule has 1 atom stereocenters. The molecule has 2 aliphatic rings. The number of hydrogen-bond acceptors (Lipinski definition) is 8. The van der Waals surface area contributed by atoms with Crippen molar-refractivity contribution in [3.8, 4) is 0 Å². The van der Waals surface area contributed by atoms with Gasteiger partial charge in [0.2, 0.25) is 0 Å². The van der Waals surface area contributed by atoms with Gasteiger partial charge in [-0.25, -0.2) is 0 Å². The van der Waals surface area contributed by atoms with Gasteiger partial charge in [0.25, 0.3) is 17.4 Å². The van der Waals surface area contributed by atoms with Gasteiger partial charge in [-0.1, -0.05) is 6.07 Å². The number of pyridine rings is 1. The first-order valence-electron chi connectivity index (χ1n) is 11.8. The Labute approximate surface area is 213 Å². The number of carbonyl (C=O) groups is 2. The lowest BCUT2D eigenvalue weighted by molar-refractivity contribution is -0.384. The first kappa shape index (κ1) is 24.1. The number of amides is 1. The van der Waals surface area contributed by atoms with E-state index in [1.54, 1.807) is 36.7 Å². The van der Waals surface area contributed by atoms with E-state index < -0.39 is 28.4 Å². The first-order valence-corrected chi connectivity index (χ1v) is 11.8. The Bertz CT molecular complexity index is 1360. The zero-order valence-corrected chi connectivity index (χ0v) is 20.2. The molecule has 0 saturated carbocycles. The minimum absolute atomic E-state index is 0.102. The molecule has 188 valence electrons. The maximum atomic E-state index is 13.3. The highest BCUT2D eigenvalue weighted by molar-refractivity contribution is 6.51. The number of Topliss-reactive ketones (excluding diaryl/α,β-unsaturated/α-hetero) is 1. The monoisotopic (exact) mass is 499 g/mol. The van der Waals surface area contributed by atoms with Crippen LogP contribution in [0.5, 0.6) is 0 Å². The predicted octanol–water partition coefficient (Wildman–Crippen LogP) is 3.37. The Morgan fingerprint density at radius 2 is 1.62 bits per heavy atom. The number of anilines is 2. The second kappa shape index (κ2) is 9.82. The summed E-state index contributed by atoms with van der Waals surface area (Å²) in [7, 11) is 2.09. The Hall–Kier alpha value is -4.57. The number of nitro benzene ring substituents is 1. The summed E-state index contributed by atoms with van der Waals surface area (Å²) in [4.78, 5) is 47.1. The smallest absolute Gasteiger partial charge is 0.300 e. The van der Waals surface area contributed by atoms with Gasteiger partial charge < -0.3 is 14.9 Å². The first-order chi connectivity index (χ1) is 17.8. The Morgan fingerprint density at radius 1 is 0.973 bits per heavy atom. The lowest BCUT2D eigenvalue weighted by Crippen LogP contribution is -2.44. The van der Waals surface area contributed by atoms with E-state index in [1.165, 1.54) is 29.2 Å². The zero-order valence-electron chi connectivity index (χ0n) is 20.2. The Balaban J connectivity index is 1.55. The van der Waals surface area contributed by atoms with Crippen molar-refractivity contribution < 1.29 is 19.6 Å². The van der Waals surface area contributed by atoms with Gasteiger partial charge in [0.15, 0.2) is 0 Å². The van der Waals surface area contributed by atoms with Crippen LogP contribution in [0.3, 0.4) is 0 Å². The molecule has 2 aromatic carbocycles. The second-order valence-corrected chi connectivity index (χ2v) is 9.07. The fourth-order valence-corrected chi connectivity index (χ4v) is 4.74. The van der Waals surface area contributed by atoms with E-state index in [0.717, 1.165) is 31.9 Å². The molecule has 1 N–H and O–H groups in total. The molecular weight excluding hydrogens is 474 g/mol. The van der Waals surface area contributed by atoms with Crippen LogP contribution in [-0.4, -0.2) is 64.8 Å². The van der Waals surface area contributed by atoms with Crippen LogP contribution in [-0.2, 0) is 9.59 Å². The molecule has 2 saturated heterocycles. The Kier molecular flexibility index (Phi) is 6.41. The molecule has 0 bridgehead atoms. The van der Waals surface area contributed by atoms with Crippen LogP contribution >= 0.6 is 0 Å². The van der Waals surface area contributed by atoms with Crippen molar-refractivity contribution in [2.75, 3.05) is 43.0 Å². The molecule has 5 rings (SSSR count). The lowest BCUT2D eigenvalue weighted by Gasteiger charge is -2.34. The number of aliphatic hydroxyl groups excluding tert-OH is 1. The van der Waals surface area contributed by atoms with Gasteiger partial charge in [0.05, 0.1) is 16.5 Å². The SMILES string of the molecule is CN1CCN(c2ccc(N3C(=O)C(=O)/C(=C(\O)c4ccc([N+](=O)[O-])cc4)C3c3cccnc3)cc2)CC1. The summed E-state index contributed by atoms with van der Waals surface area (Å²) in [5.74, 6) is -2.02. The van der Waals surface area contributed by atoms with Crippen LogP contribution in [0, 0.1) is 10.1 Å². The van der Waals surface area contributed by atoms with Crippen molar-refractivity contribution >= 4 is 34.5 Å². The molecule has 2 aliphatic heterocycles. The number of nitrogens with zero attached hydrogens (tertiary/aromatic N) is 5. The molecule has 10 nitrogen and oxygen atoms in total. The summed E-state index contributed by atoms with van der Waals surface area (Å²) >= 11 is 0. The highest BCUT2D eigenvalue weighted by atomic mass is 16.6. The predicted molar refractivity (Wildman–Crippen MR) is 138 cm³/mol. The summed E-state index contributed by atoms with van der Waals surface area (Å²) in [6.45, 7) is 3.70. The van der Waals surface area contributed by atoms with Crippen LogP contribution in [0.4, 0.5) is 17.1 Å². The number of aromatic nitrogens is 1. The molecule has 1 aromatic heterocycles. The number of non-ortho nitro benzene ring substituents is 1. The second-order valence-electron chi connectivity index (χ2n) is 9.07. The average Bonchev–Trinajstić information content (AvgIpc) is 3.19. The van der Waals surface area contributed by atoms with Gasteiger partial charge in [-0.15, -0.1) is 0 Å². The topological polar surface area (TPSA) is 120 Å². The van der Waals surface area contributed by atoms with Gasteiger partial charge in [-0.3, -0.25) is 29.6 Å². The van der Waals surface area contributed by atoms with Crippen molar-refractivity contribution in [1.82, 2.24) is 9.88 Å². The minimum Gasteiger partial charge on any atom is -0.507 e. The van der Waals surface area contributed by atoms with Crippen molar-refractivity contribution in [3.63, 3.8) is 0 Å². The largest absolute Gasteiger partial charge is 0.507 e. The fraction of sp³-hybridized carbons (Fsp3) is 0.222. The number of benzene rings is 2. The lowest BCUT2D eigenvalue weighted by atomic mass is 9.96. The quantitative estimate of drug-likeness (QED) is 0.187. The maximum absolute atomic E-state index is 13.3. The molecule has 0 spiro atoms.